The summed E-state index contributed by atoms with van der Waals surface area (Å²) < 4.78 is 28.3. The van der Waals surface area contributed by atoms with E-state index in [4.69, 9.17) is 10.00 Å². The van der Waals surface area contributed by atoms with Gasteiger partial charge in [-0.1, -0.05) is 6.92 Å². The van der Waals surface area contributed by atoms with E-state index in [0.29, 0.717) is 25.9 Å². The third kappa shape index (κ3) is 2.50. The molecular weight excluding hydrogens is 214 g/mol. The van der Waals surface area contributed by atoms with Crippen molar-refractivity contribution in [3.63, 3.8) is 0 Å². The van der Waals surface area contributed by atoms with Crippen molar-refractivity contribution in [2.75, 3.05) is 19.5 Å². The van der Waals surface area contributed by atoms with E-state index < -0.39 is 15.3 Å². The lowest BCUT2D eigenvalue weighted by atomic mass is 9.89. The molecule has 1 fully saturated rings. The maximum atomic E-state index is 11.7. The summed E-state index contributed by atoms with van der Waals surface area (Å²) in [5.74, 6) is 0.159. The average molecular weight is 231 g/mol. The Kier molecular flexibility index (Phi) is 3.74. The Hall–Kier alpha value is -0.600. The molecule has 15 heavy (non-hydrogen) atoms. The van der Waals surface area contributed by atoms with Crippen LogP contribution in [-0.2, 0) is 14.6 Å². The monoisotopic (exact) mass is 231 g/mol. The van der Waals surface area contributed by atoms with E-state index in [1.54, 1.807) is 14.0 Å². The summed E-state index contributed by atoms with van der Waals surface area (Å²) in [4.78, 5) is 0. The zero-order valence-corrected chi connectivity index (χ0v) is 10.0. The van der Waals surface area contributed by atoms with Gasteiger partial charge in [0.2, 0.25) is 0 Å². The van der Waals surface area contributed by atoms with Gasteiger partial charge in [0.05, 0.1) is 23.3 Å². The fourth-order valence-corrected chi connectivity index (χ4v) is 3.68. The first-order chi connectivity index (χ1) is 6.99. The second kappa shape index (κ2) is 4.50. The molecule has 5 heteroatoms. The normalized spacial score (nSPS) is 31.4. The Morgan fingerprint density at radius 3 is 2.73 bits per heavy atom. The molecule has 0 N–H and O–H groups in total. The topological polar surface area (TPSA) is 67.2 Å². The summed E-state index contributed by atoms with van der Waals surface area (Å²) in [6.45, 7) is 1.98. The minimum absolute atomic E-state index is 0.159. The highest BCUT2D eigenvalue weighted by atomic mass is 32.2. The number of methoxy groups -OCH3 is 1. The van der Waals surface area contributed by atoms with E-state index in [1.807, 2.05) is 0 Å². The molecular formula is C10H17NO3S. The average Bonchev–Trinajstić information content (AvgIpc) is 2.64. The first-order valence-electron chi connectivity index (χ1n) is 5.11. The van der Waals surface area contributed by atoms with Crippen LogP contribution < -0.4 is 0 Å². The molecule has 2 atom stereocenters. The molecule has 0 radical (unpaired) electrons. The van der Waals surface area contributed by atoms with Gasteiger partial charge in [-0.3, -0.25) is 0 Å². The van der Waals surface area contributed by atoms with E-state index in [0.717, 1.165) is 0 Å². The highest BCUT2D eigenvalue weighted by Gasteiger charge is 2.44. The Morgan fingerprint density at radius 1 is 1.60 bits per heavy atom. The Labute approximate surface area is 91.1 Å². The van der Waals surface area contributed by atoms with E-state index in [1.165, 1.54) is 0 Å². The van der Waals surface area contributed by atoms with Crippen LogP contribution in [0.2, 0.25) is 0 Å². The van der Waals surface area contributed by atoms with Gasteiger partial charge in [0, 0.05) is 12.9 Å². The minimum Gasteiger partial charge on any atom is -0.383 e. The molecule has 0 spiro atoms. The van der Waals surface area contributed by atoms with Crippen molar-refractivity contribution in [3.05, 3.63) is 0 Å². The molecule has 0 saturated heterocycles. The molecule has 1 rings (SSSR count). The quantitative estimate of drug-likeness (QED) is 0.727. The predicted molar refractivity (Wildman–Crippen MR) is 57.0 cm³/mol. The summed E-state index contributed by atoms with van der Waals surface area (Å²) in [6, 6.07) is 2.22. The lowest BCUT2D eigenvalue weighted by molar-refractivity contribution is 0.120. The van der Waals surface area contributed by atoms with Crippen LogP contribution >= 0.6 is 0 Å². The molecule has 4 nitrogen and oxygen atoms in total. The van der Waals surface area contributed by atoms with Gasteiger partial charge in [-0.2, -0.15) is 5.26 Å². The second-order valence-corrected chi connectivity index (χ2v) is 6.71. The number of hydrogen-bond donors (Lipinski definition) is 0. The maximum absolute atomic E-state index is 11.7. The van der Waals surface area contributed by atoms with Crippen LogP contribution in [0.15, 0.2) is 0 Å². The van der Waals surface area contributed by atoms with E-state index in [2.05, 4.69) is 6.07 Å². The minimum atomic E-state index is -3.00. The molecule has 2 unspecified atom stereocenters. The smallest absolute Gasteiger partial charge is 0.152 e. The van der Waals surface area contributed by atoms with E-state index in [9.17, 15) is 8.42 Å². The molecule has 1 aliphatic carbocycles. The van der Waals surface area contributed by atoms with Crippen molar-refractivity contribution in [2.45, 2.75) is 31.4 Å². The van der Waals surface area contributed by atoms with Crippen LogP contribution in [0.1, 0.15) is 26.2 Å². The number of nitriles is 1. The van der Waals surface area contributed by atoms with Gasteiger partial charge in [-0.15, -0.1) is 0 Å². The first kappa shape index (κ1) is 12.5. The van der Waals surface area contributed by atoms with Crippen molar-refractivity contribution in [1.29, 1.82) is 5.26 Å². The molecule has 0 aromatic rings. The molecule has 0 aromatic carbocycles. The zero-order valence-electron chi connectivity index (χ0n) is 9.19. The van der Waals surface area contributed by atoms with Gasteiger partial charge >= 0.3 is 0 Å². The number of rotatable bonds is 4. The van der Waals surface area contributed by atoms with Crippen LogP contribution in [0.4, 0.5) is 0 Å². The fourth-order valence-electron chi connectivity index (χ4n) is 2.16. The molecule has 1 saturated carbocycles. The molecule has 86 valence electrons. The highest BCUT2D eigenvalue weighted by Crippen LogP contribution is 2.41. The van der Waals surface area contributed by atoms with Crippen LogP contribution in [0.3, 0.4) is 0 Å². The van der Waals surface area contributed by atoms with Gasteiger partial charge in [0.1, 0.15) is 0 Å². The molecule has 0 aliphatic heterocycles. The third-order valence-electron chi connectivity index (χ3n) is 3.13. The van der Waals surface area contributed by atoms with Crippen molar-refractivity contribution < 1.29 is 13.2 Å². The SMILES string of the molecule is CCS(=O)(=O)C1CCC(C#N)(COC)C1. The second-order valence-electron chi connectivity index (χ2n) is 4.14. The molecule has 0 aromatic heterocycles. The zero-order chi connectivity index (χ0) is 11.5. The van der Waals surface area contributed by atoms with Gasteiger partial charge in [0.15, 0.2) is 9.84 Å². The maximum Gasteiger partial charge on any atom is 0.152 e. The molecule has 0 amide bonds. The molecule has 0 heterocycles. The van der Waals surface area contributed by atoms with Crippen LogP contribution in [0.25, 0.3) is 0 Å². The van der Waals surface area contributed by atoms with Crippen molar-refractivity contribution >= 4 is 9.84 Å². The molecule has 0 bridgehead atoms. The van der Waals surface area contributed by atoms with Crippen molar-refractivity contribution in [3.8, 4) is 6.07 Å². The lowest BCUT2D eigenvalue weighted by Crippen LogP contribution is -2.25. The van der Waals surface area contributed by atoms with E-state index >= 15 is 0 Å². The number of hydrogen-bond acceptors (Lipinski definition) is 4. The number of sulfone groups is 1. The van der Waals surface area contributed by atoms with Crippen LogP contribution in [0, 0.1) is 16.7 Å². The highest BCUT2D eigenvalue weighted by molar-refractivity contribution is 7.92. The first-order valence-corrected chi connectivity index (χ1v) is 6.83. The summed E-state index contributed by atoms with van der Waals surface area (Å²) >= 11 is 0. The summed E-state index contributed by atoms with van der Waals surface area (Å²) in [5, 5.41) is 8.73. The Bertz CT molecular complexity index is 357. The Morgan fingerprint density at radius 2 is 2.27 bits per heavy atom. The number of nitrogens with zero attached hydrogens (tertiary/aromatic N) is 1. The van der Waals surface area contributed by atoms with Gasteiger partial charge in [-0.25, -0.2) is 8.42 Å². The van der Waals surface area contributed by atoms with Crippen LogP contribution in [-0.4, -0.2) is 33.1 Å². The summed E-state index contributed by atoms with van der Waals surface area (Å²) in [5.41, 5.74) is -0.582. The van der Waals surface area contributed by atoms with Gasteiger partial charge in [-0.05, 0) is 19.3 Å². The fraction of sp³-hybridized carbons (Fsp3) is 0.900. The van der Waals surface area contributed by atoms with Crippen molar-refractivity contribution in [1.82, 2.24) is 0 Å². The number of ether oxygens (including phenoxy) is 1. The van der Waals surface area contributed by atoms with Gasteiger partial charge < -0.3 is 4.74 Å². The lowest BCUT2D eigenvalue weighted by Gasteiger charge is -2.19. The van der Waals surface area contributed by atoms with E-state index in [-0.39, 0.29) is 11.0 Å². The Balaban J connectivity index is 2.78. The standard InChI is InChI=1S/C10H17NO3S/c1-3-15(12,13)9-4-5-10(6-9,7-11)8-14-2/h9H,3-6,8H2,1-2H3. The predicted octanol–water partition coefficient (Wildman–Crippen LogP) is 1.13. The van der Waals surface area contributed by atoms with Gasteiger partial charge in [0.25, 0.3) is 0 Å². The summed E-state index contributed by atoms with van der Waals surface area (Å²) in [7, 11) is -1.46. The third-order valence-corrected chi connectivity index (χ3v) is 5.35. The largest absolute Gasteiger partial charge is 0.383 e. The molecule has 1 aliphatic rings. The van der Waals surface area contributed by atoms with Crippen molar-refractivity contribution in [2.24, 2.45) is 5.41 Å². The summed E-state index contributed by atoms with van der Waals surface area (Å²) in [6.07, 6.45) is 1.64. The van der Waals surface area contributed by atoms with Crippen LogP contribution in [0.5, 0.6) is 0 Å².